The van der Waals surface area contributed by atoms with Crippen LogP contribution in [0.15, 0.2) is 48.5 Å². The van der Waals surface area contributed by atoms with Crippen LogP contribution in [0.1, 0.15) is 78.4 Å². The largest absolute Gasteiger partial charge is 0.296 e. The topological polar surface area (TPSA) is 20.3 Å². The third-order valence-electron chi connectivity index (χ3n) is 5.20. The molecule has 0 aliphatic heterocycles. The molecule has 0 aliphatic rings. The summed E-state index contributed by atoms with van der Waals surface area (Å²) in [6.45, 7) is 17.3. The summed E-state index contributed by atoms with van der Waals surface area (Å²) in [7, 11) is -2.91. The predicted molar refractivity (Wildman–Crippen MR) is 120 cm³/mol. The van der Waals surface area contributed by atoms with Crippen LogP contribution in [-0.4, -0.2) is 16.8 Å². The van der Waals surface area contributed by atoms with Crippen molar-refractivity contribution < 1.29 is 4.57 Å². The van der Waals surface area contributed by atoms with E-state index in [1.807, 2.05) is 0 Å². The summed E-state index contributed by atoms with van der Waals surface area (Å²) in [6, 6.07) is 17.2. The lowest BCUT2D eigenvalue weighted by Crippen LogP contribution is -2.41. The van der Waals surface area contributed by atoms with Crippen molar-refractivity contribution in [2.75, 3.05) is 0 Å². The summed E-state index contributed by atoms with van der Waals surface area (Å²) < 4.78 is 16.9. The smallest absolute Gasteiger partial charge is 0.207 e. The highest BCUT2D eigenvalue weighted by Gasteiger charge is 2.38. The molecule has 2 aromatic rings. The second kappa shape index (κ2) is 8.76. The standard InChI is InChI=1S/C24H36NOP/c1-17(2)21-9-13-23(14-10-21)27(26,25(19(5)6)20(7)8)24-15-11-22(12-16-24)18(3)4/h9-20H,1-8H3. The van der Waals surface area contributed by atoms with Gasteiger partial charge < -0.3 is 0 Å². The van der Waals surface area contributed by atoms with Gasteiger partial charge in [-0.05, 0) is 74.9 Å². The van der Waals surface area contributed by atoms with E-state index in [4.69, 9.17) is 0 Å². The molecule has 0 aromatic heterocycles. The van der Waals surface area contributed by atoms with Crippen molar-refractivity contribution in [3.63, 3.8) is 0 Å². The number of rotatable bonds is 7. The van der Waals surface area contributed by atoms with E-state index in [-0.39, 0.29) is 12.1 Å². The molecule has 0 amide bonds. The second-order valence-corrected chi connectivity index (χ2v) is 11.3. The van der Waals surface area contributed by atoms with Gasteiger partial charge in [-0.3, -0.25) is 4.57 Å². The Hall–Kier alpha value is -1.37. The third kappa shape index (κ3) is 4.55. The van der Waals surface area contributed by atoms with Gasteiger partial charge in [0.1, 0.15) is 0 Å². The van der Waals surface area contributed by atoms with Crippen LogP contribution >= 0.6 is 7.29 Å². The summed E-state index contributed by atoms with van der Waals surface area (Å²) >= 11 is 0. The highest BCUT2D eigenvalue weighted by molar-refractivity contribution is 7.76. The van der Waals surface area contributed by atoms with E-state index >= 15 is 0 Å². The zero-order valence-electron chi connectivity index (χ0n) is 18.2. The molecular weight excluding hydrogens is 349 g/mol. The monoisotopic (exact) mass is 385 g/mol. The second-order valence-electron chi connectivity index (χ2n) is 8.64. The van der Waals surface area contributed by atoms with Gasteiger partial charge in [0, 0.05) is 22.7 Å². The van der Waals surface area contributed by atoms with Gasteiger partial charge in [0.2, 0.25) is 7.29 Å². The van der Waals surface area contributed by atoms with E-state index in [0.29, 0.717) is 11.8 Å². The molecular formula is C24H36NOP. The van der Waals surface area contributed by atoms with Gasteiger partial charge in [0.25, 0.3) is 0 Å². The minimum absolute atomic E-state index is 0.186. The fourth-order valence-electron chi connectivity index (χ4n) is 3.79. The van der Waals surface area contributed by atoms with Crippen molar-refractivity contribution in [3.8, 4) is 0 Å². The van der Waals surface area contributed by atoms with Gasteiger partial charge in [-0.25, -0.2) is 4.67 Å². The number of hydrogen-bond acceptors (Lipinski definition) is 1. The average Bonchev–Trinajstić information content (AvgIpc) is 2.61. The summed E-state index contributed by atoms with van der Waals surface area (Å²) in [6.07, 6.45) is 0. The summed E-state index contributed by atoms with van der Waals surface area (Å²) in [4.78, 5) is 0. The molecule has 0 heterocycles. The zero-order valence-corrected chi connectivity index (χ0v) is 19.1. The maximum Gasteiger partial charge on any atom is 0.207 e. The molecule has 0 aliphatic carbocycles. The molecule has 2 aromatic carbocycles. The van der Waals surface area contributed by atoms with Crippen LogP contribution in [-0.2, 0) is 4.57 Å². The first-order valence-electron chi connectivity index (χ1n) is 10.2. The number of nitrogens with zero attached hydrogens (tertiary/aromatic N) is 1. The van der Waals surface area contributed by atoms with Crippen molar-refractivity contribution >= 4 is 17.9 Å². The van der Waals surface area contributed by atoms with Crippen molar-refractivity contribution in [1.82, 2.24) is 4.67 Å². The van der Waals surface area contributed by atoms with Crippen LogP contribution in [0.2, 0.25) is 0 Å². The maximum absolute atomic E-state index is 14.7. The van der Waals surface area contributed by atoms with E-state index in [0.717, 1.165) is 10.6 Å². The molecule has 0 saturated heterocycles. The Balaban J connectivity index is 2.66. The van der Waals surface area contributed by atoms with Crippen LogP contribution in [0.5, 0.6) is 0 Å². The Morgan fingerprint density at radius 1 is 0.593 bits per heavy atom. The Kier molecular flexibility index (Phi) is 7.11. The van der Waals surface area contributed by atoms with E-state index in [9.17, 15) is 4.57 Å². The quantitative estimate of drug-likeness (QED) is 0.523. The normalized spacial score (nSPS) is 12.8. The average molecular weight is 386 g/mol. The Morgan fingerprint density at radius 3 is 1.11 bits per heavy atom. The molecule has 0 saturated carbocycles. The van der Waals surface area contributed by atoms with Gasteiger partial charge >= 0.3 is 0 Å². The molecule has 0 spiro atoms. The first kappa shape index (κ1) is 21.9. The Morgan fingerprint density at radius 2 is 0.889 bits per heavy atom. The van der Waals surface area contributed by atoms with Gasteiger partial charge in [-0.1, -0.05) is 52.0 Å². The highest BCUT2D eigenvalue weighted by Crippen LogP contribution is 2.50. The molecule has 0 fully saturated rings. The van der Waals surface area contributed by atoms with E-state index in [2.05, 4.69) is 109 Å². The molecule has 2 rings (SSSR count). The molecule has 0 bridgehead atoms. The summed E-state index contributed by atoms with van der Waals surface area (Å²) in [5.74, 6) is 0.935. The van der Waals surface area contributed by atoms with Crippen molar-refractivity contribution in [2.24, 2.45) is 0 Å². The minimum Gasteiger partial charge on any atom is -0.296 e. The molecule has 0 N–H and O–H groups in total. The third-order valence-corrected chi connectivity index (χ3v) is 8.77. The van der Waals surface area contributed by atoms with Gasteiger partial charge in [0.05, 0.1) is 0 Å². The van der Waals surface area contributed by atoms with Gasteiger partial charge in [0.15, 0.2) is 0 Å². The van der Waals surface area contributed by atoms with E-state index < -0.39 is 7.29 Å². The summed E-state index contributed by atoms with van der Waals surface area (Å²) in [5, 5.41) is 1.85. The predicted octanol–water partition coefficient (Wildman–Crippen LogP) is 6.28. The van der Waals surface area contributed by atoms with Gasteiger partial charge in [-0.2, -0.15) is 0 Å². The Labute approximate surface area is 166 Å². The summed E-state index contributed by atoms with van der Waals surface area (Å²) in [5.41, 5.74) is 2.56. The van der Waals surface area contributed by atoms with Crippen LogP contribution in [0.3, 0.4) is 0 Å². The SMILES string of the molecule is CC(C)c1ccc(P(=O)(c2ccc(C(C)C)cc2)N(C(C)C)C(C)C)cc1. The molecule has 3 heteroatoms. The van der Waals surface area contributed by atoms with E-state index in [1.165, 1.54) is 11.1 Å². The minimum atomic E-state index is -2.91. The molecule has 0 unspecified atom stereocenters. The molecule has 148 valence electrons. The Bertz CT molecular complexity index is 710. The van der Waals surface area contributed by atoms with Crippen molar-refractivity contribution in [3.05, 3.63) is 59.7 Å². The van der Waals surface area contributed by atoms with Gasteiger partial charge in [-0.15, -0.1) is 0 Å². The van der Waals surface area contributed by atoms with Crippen molar-refractivity contribution in [1.29, 1.82) is 0 Å². The lowest BCUT2D eigenvalue weighted by atomic mass is 10.0. The van der Waals surface area contributed by atoms with Crippen LogP contribution in [0.25, 0.3) is 0 Å². The van der Waals surface area contributed by atoms with Crippen LogP contribution in [0.4, 0.5) is 0 Å². The zero-order chi connectivity index (χ0) is 20.4. The molecule has 0 radical (unpaired) electrons. The number of benzene rings is 2. The lowest BCUT2D eigenvalue weighted by molar-refractivity contribution is 0.307. The van der Waals surface area contributed by atoms with Crippen LogP contribution in [0, 0.1) is 0 Å². The molecule has 2 nitrogen and oxygen atoms in total. The first-order chi connectivity index (χ1) is 12.6. The number of hydrogen-bond donors (Lipinski definition) is 0. The van der Waals surface area contributed by atoms with Crippen molar-refractivity contribution in [2.45, 2.75) is 79.3 Å². The fourth-order valence-corrected chi connectivity index (χ4v) is 7.02. The molecule has 27 heavy (non-hydrogen) atoms. The lowest BCUT2D eigenvalue weighted by Gasteiger charge is -2.38. The maximum atomic E-state index is 14.7. The van der Waals surface area contributed by atoms with Crippen LogP contribution < -0.4 is 10.6 Å². The molecule has 0 atom stereocenters. The fraction of sp³-hybridized carbons (Fsp3) is 0.500. The first-order valence-corrected chi connectivity index (χ1v) is 11.8. The highest BCUT2D eigenvalue weighted by atomic mass is 31.2. The van der Waals surface area contributed by atoms with E-state index in [1.54, 1.807) is 0 Å².